The van der Waals surface area contributed by atoms with Gasteiger partial charge in [-0.3, -0.25) is 4.79 Å². The summed E-state index contributed by atoms with van der Waals surface area (Å²) in [5.41, 5.74) is 3.00. The van der Waals surface area contributed by atoms with Crippen molar-refractivity contribution in [3.63, 3.8) is 0 Å². The molecule has 0 saturated carbocycles. The van der Waals surface area contributed by atoms with E-state index in [-0.39, 0.29) is 5.91 Å². The number of benzene rings is 2. The summed E-state index contributed by atoms with van der Waals surface area (Å²) in [5.74, 6) is -0.158. The number of carbonyl (C=O) groups excluding carboxylic acids is 1. The molecule has 0 radical (unpaired) electrons. The molecule has 2 nitrogen and oxygen atoms in total. The van der Waals surface area contributed by atoms with Crippen LogP contribution in [0.5, 0.6) is 0 Å². The van der Waals surface area contributed by atoms with Crippen LogP contribution in [0.4, 0.5) is 5.69 Å². The van der Waals surface area contributed by atoms with Gasteiger partial charge in [-0.05, 0) is 23.8 Å². The van der Waals surface area contributed by atoms with E-state index >= 15 is 0 Å². The first-order valence-electron chi connectivity index (χ1n) is 5.73. The third-order valence-electron chi connectivity index (χ3n) is 2.99. The van der Waals surface area contributed by atoms with Crippen LogP contribution in [0.3, 0.4) is 0 Å². The highest BCUT2D eigenvalue weighted by Crippen LogP contribution is 2.38. The number of hydrogen-bond donors (Lipinski definition) is 1. The van der Waals surface area contributed by atoms with E-state index in [2.05, 4.69) is 21.2 Å². The normalized spacial score (nSPS) is 16.0. The highest BCUT2D eigenvalue weighted by atomic mass is 79.9. The second-order valence-electron chi connectivity index (χ2n) is 4.20. The molecule has 4 heteroatoms. The summed E-state index contributed by atoms with van der Waals surface area (Å²) in [6.07, 6.45) is 0. The molecule has 0 fully saturated rings. The fourth-order valence-corrected chi connectivity index (χ4v) is 2.65. The number of carbonyl (C=O) groups is 1. The summed E-state index contributed by atoms with van der Waals surface area (Å²) in [5, 5.41) is 3.29. The second-order valence-corrected chi connectivity index (χ2v) is 5.49. The second kappa shape index (κ2) is 4.83. The molecular weight excluding hydrogens is 326 g/mol. The van der Waals surface area contributed by atoms with E-state index in [1.165, 1.54) is 0 Å². The van der Waals surface area contributed by atoms with Crippen LogP contribution >= 0.6 is 27.5 Å². The van der Waals surface area contributed by atoms with Gasteiger partial charge in [0.15, 0.2) is 0 Å². The maximum absolute atomic E-state index is 12.1. The van der Waals surface area contributed by atoms with Gasteiger partial charge in [0.05, 0.1) is 10.6 Å². The van der Waals surface area contributed by atoms with Crippen LogP contribution < -0.4 is 5.32 Å². The third kappa shape index (κ3) is 2.20. The fourth-order valence-electron chi connectivity index (χ4n) is 2.08. The smallest absolute Gasteiger partial charge is 0.257 e. The molecular formula is C15H9BrClNO. The largest absolute Gasteiger partial charge is 0.321 e. The Bertz CT molecular complexity index is 692. The highest BCUT2D eigenvalue weighted by molar-refractivity contribution is 9.10. The first-order valence-corrected chi connectivity index (χ1v) is 6.90. The van der Waals surface area contributed by atoms with Crippen molar-refractivity contribution in [1.29, 1.82) is 0 Å². The minimum Gasteiger partial charge on any atom is -0.321 e. The predicted octanol–water partition coefficient (Wildman–Crippen LogP) is 4.51. The molecule has 0 bridgehead atoms. The zero-order valence-electron chi connectivity index (χ0n) is 9.78. The Labute approximate surface area is 124 Å². The molecule has 1 heterocycles. The minimum atomic E-state index is -0.158. The molecule has 2 aromatic carbocycles. The average Bonchev–Trinajstić information content (AvgIpc) is 2.74. The minimum absolute atomic E-state index is 0.158. The van der Waals surface area contributed by atoms with Crippen molar-refractivity contribution in [1.82, 2.24) is 0 Å². The molecule has 0 unspecified atom stereocenters. The molecule has 0 aliphatic carbocycles. The van der Waals surface area contributed by atoms with Gasteiger partial charge in [-0.2, -0.15) is 0 Å². The molecule has 0 atom stereocenters. The molecule has 0 spiro atoms. The summed E-state index contributed by atoms with van der Waals surface area (Å²) >= 11 is 9.77. The van der Waals surface area contributed by atoms with Gasteiger partial charge in [0.2, 0.25) is 0 Å². The lowest BCUT2D eigenvalue weighted by atomic mass is 10.0. The van der Waals surface area contributed by atoms with Crippen molar-refractivity contribution < 1.29 is 4.79 Å². The number of rotatable bonds is 1. The number of anilines is 1. The van der Waals surface area contributed by atoms with Crippen molar-refractivity contribution >= 4 is 49.7 Å². The van der Waals surface area contributed by atoms with Crippen LogP contribution in [-0.4, -0.2) is 5.91 Å². The van der Waals surface area contributed by atoms with Gasteiger partial charge in [0.25, 0.3) is 5.91 Å². The zero-order valence-corrected chi connectivity index (χ0v) is 12.1. The Morgan fingerprint density at radius 2 is 1.74 bits per heavy atom. The monoisotopic (exact) mass is 333 g/mol. The summed E-state index contributed by atoms with van der Waals surface area (Å²) < 4.78 is 0.974. The summed E-state index contributed by atoms with van der Waals surface area (Å²) in [4.78, 5) is 12.1. The zero-order chi connectivity index (χ0) is 13.4. The number of fused-ring (bicyclic) bond motifs is 1. The van der Waals surface area contributed by atoms with Gasteiger partial charge in [0.1, 0.15) is 0 Å². The summed E-state index contributed by atoms with van der Waals surface area (Å²) in [6.45, 7) is 0. The maximum atomic E-state index is 12.1. The molecule has 0 saturated heterocycles. The van der Waals surface area contributed by atoms with E-state index in [1.807, 2.05) is 48.5 Å². The number of nitrogens with one attached hydrogen (secondary N) is 1. The molecule has 94 valence electrons. The summed E-state index contributed by atoms with van der Waals surface area (Å²) in [6, 6.07) is 15.1. The van der Waals surface area contributed by atoms with Crippen LogP contribution in [0, 0.1) is 0 Å². The predicted molar refractivity (Wildman–Crippen MR) is 81.9 cm³/mol. The lowest BCUT2D eigenvalue weighted by molar-refractivity contribution is -0.110. The summed E-state index contributed by atoms with van der Waals surface area (Å²) in [7, 11) is 0. The van der Waals surface area contributed by atoms with Crippen molar-refractivity contribution in [3.8, 4) is 0 Å². The van der Waals surface area contributed by atoms with Crippen LogP contribution in [0.25, 0.3) is 10.6 Å². The van der Waals surface area contributed by atoms with E-state index < -0.39 is 0 Å². The Morgan fingerprint density at radius 3 is 2.47 bits per heavy atom. The maximum Gasteiger partial charge on any atom is 0.257 e. The molecule has 2 aromatic rings. The van der Waals surface area contributed by atoms with E-state index in [4.69, 9.17) is 11.6 Å². The number of para-hydroxylation sites is 1. The molecule has 1 aliphatic heterocycles. The molecule has 1 aliphatic rings. The first kappa shape index (κ1) is 12.5. The standard InChI is InChI=1S/C15H9BrClNO/c16-10-7-5-9(6-8-10)14(17)13-11-3-1-2-4-12(11)18-15(13)19/h1-8H,(H,18,19). The van der Waals surface area contributed by atoms with E-state index in [9.17, 15) is 4.79 Å². The lowest BCUT2D eigenvalue weighted by Crippen LogP contribution is -2.04. The van der Waals surface area contributed by atoms with Crippen molar-refractivity contribution in [2.75, 3.05) is 5.32 Å². The Kier molecular flexibility index (Phi) is 3.17. The SMILES string of the molecule is O=C1Nc2ccccc2C1=C(Cl)c1ccc(Br)cc1. The molecule has 0 aromatic heterocycles. The van der Waals surface area contributed by atoms with Gasteiger partial charge < -0.3 is 5.32 Å². The number of amides is 1. The molecule has 1 N–H and O–H groups in total. The number of halogens is 2. The Hall–Kier alpha value is -1.58. The fraction of sp³-hybridized carbons (Fsp3) is 0. The van der Waals surface area contributed by atoms with Gasteiger partial charge in [-0.15, -0.1) is 0 Å². The van der Waals surface area contributed by atoms with E-state index in [0.29, 0.717) is 10.6 Å². The van der Waals surface area contributed by atoms with Crippen molar-refractivity contribution in [2.45, 2.75) is 0 Å². The van der Waals surface area contributed by atoms with Crippen LogP contribution in [0.15, 0.2) is 53.0 Å². The lowest BCUT2D eigenvalue weighted by Gasteiger charge is -2.04. The van der Waals surface area contributed by atoms with Crippen molar-refractivity contribution in [3.05, 3.63) is 64.1 Å². The third-order valence-corrected chi connectivity index (χ3v) is 3.92. The first-order chi connectivity index (χ1) is 9.16. The van der Waals surface area contributed by atoms with E-state index in [1.54, 1.807) is 0 Å². The Balaban J connectivity index is 2.17. The highest BCUT2D eigenvalue weighted by Gasteiger charge is 2.26. The van der Waals surface area contributed by atoms with Gasteiger partial charge in [0, 0.05) is 15.7 Å². The quantitative estimate of drug-likeness (QED) is 0.764. The molecule has 3 rings (SSSR count). The molecule has 19 heavy (non-hydrogen) atoms. The van der Waals surface area contributed by atoms with Crippen molar-refractivity contribution in [2.24, 2.45) is 0 Å². The topological polar surface area (TPSA) is 29.1 Å². The van der Waals surface area contributed by atoms with Gasteiger partial charge in [-0.1, -0.05) is 57.9 Å². The van der Waals surface area contributed by atoms with Gasteiger partial charge >= 0.3 is 0 Å². The molecule has 1 amide bonds. The Morgan fingerprint density at radius 1 is 1.05 bits per heavy atom. The number of hydrogen-bond acceptors (Lipinski definition) is 1. The van der Waals surface area contributed by atoms with Crippen LogP contribution in [-0.2, 0) is 4.79 Å². The average molecular weight is 335 g/mol. The van der Waals surface area contributed by atoms with Gasteiger partial charge in [-0.25, -0.2) is 0 Å². The van der Waals surface area contributed by atoms with Crippen LogP contribution in [0.2, 0.25) is 0 Å². The van der Waals surface area contributed by atoms with Crippen LogP contribution in [0.1, 0.15) is 11.1 Å². The van der Waals surface area contributed by atoms with E-state index in [0.717, 1.165) is 21.3 Å².